The van der Waals surface area contributed by atoms with Gasteiger partial charge in [-0.2, -0.15) is 0 Å². The summed E-state index contributed by atoms with van der Waals surface area (Å²) in [6.07, 6.45) is 1.19. The molecule has 1 aliphatic heterocycles. The van der Waals surface area contributed by atoms with Gasteiger partial charge in [0.1, 0.15) is 0 Å². The zero-order chi connectivity index (χ0) is 16.3. The Hall–Kier alpha value is -2.13. The summed E-state index contributed by atoms with van der Waals surface area (Å²) in [4.78, 5) is 14.5. The zero-order valence-electron chi connectivity index (χ0n) is 13.7. The highest BCUT2D eigenvalue weighted by Crippen LogP contribution is 2.49. The predicted octanol–water partition coefficient (Wildman–Crippen LogP) is 3.91. The van der Waals surface area contributed by atoms with Crippen molar-refractivity contribution in [3.8, 4) is 0 Å². The molecule has 3 heteroatoms. The van der Waals surface area contributed by atoms with Crippen LogP contribution >= 0.6 is 0 Å². The van der Waals surface area contributed by atoms with E-state index in [9.17, 15) is 4.79 Å². The first kappa shape index (κ1) is 15.8. The Bertz CT molecular complexity index is 656. The number of carbonyl (C=O) groups is 1. The van der Waals surface area contributed by atoms with Gasteiger partial charge >= 0.3 is 5.97 Å². The van der Waals surface area contributed by atoms with Crippen LogP contribution in [-0.2, 0) is 15.1 Å². The first-order valence-electron chi connectivity index (χ1n) is 8.20. The van der Waals surface area contributed by atoms with E-state index in [0.717, 1.165) is 18.5 Å². The minimum atomic E-state index is -0.621. The van der Waals surface area contributed by atoms with E-state index in [-0.39, 0.29) is 12.0 Å². The van der Waals surface area contributed by atoms with Crippen LogP contribution in [0, 0.1) is 0 Å². The monoisotopic (exact) mass is 309 g/mol. The summed E-state index contributed by atoms with van der Waals surface area (Å²) in [5, 5.41) is 0. The number of nitrogens with zero attached hydrogens (tertiary/aromatic N) is 1. The maximum Gasteiger partial charge on any atom is 0.306 e. The fourth-order valence-corrected chi connectivity index (χ4v) is 3.59. The molecule has 3 nitrogen and oxygen atoms in total. The molecule has 120 valence electrons. The maximum absolute atomic E-state index is 12.2. The van der Waals surface area contributed by atoms with E-state index in [4.69, 9.17) is 4.74 Å². The Morgan fingerprint density at radius 3 is 2.35 bits per heavy atom. The third-order valence-corrected chi connectivity index (χ3v) is 4.68. The highest BCUT2D eigenvalue weighted by atomic mass is 16.6. The molecule has 0 bridgehead atoms. The fourth-order valence-electron chi connectivity index (χ4n) is 3.59. The van der Waals surface area contributed by atoms with Crippen molar-refractivity contribution in [1.29, 1.82) is 0 Å². The summed E-state index contributed by atoms with van der Waals surface area (Å²) in [7, 11) is 2.10. The predicted molar refractivity (Wildman–Crippen MR) is 90.9 cm³/mol. The molecule has 1 saturated heterocycles. The number of likely N-dealkylation sites (tertiary alicyclic amines) is 1. The molecular weight excluding hydrogens is 286 g/mol. The van der Waals surface area contributed by atoms with Gasteiger partial charge in [-0.1, -0.05) is 67.6 Å². The largest absolute Gasteiger partial charge is 0.452 e. The van der Waals surface area contributed by atoms with Gasteiger partial charge in [0, 0.05) is 19.4 Å². The summed E-state index contributed by atoms with van der Waals surface area (Å²) in [6, 6.07) is 20.5. The quantitative estimate of drug-likeness (QED) is 0.802. The number of esters is 1. The summed E-state index contributed by atoms with van der Waals surface area (Å²) >= 11 is 0. The van der Waals surface area contributed by atoms with Crippen LogP contribution in [0.4, 0.5) is 0 Å². The van der Waals surface area contributed by atoms with Crippen LogP contribution in [0.2, 0.25) is 0 Å². The molecule has 2 atom stereocenters. The van der Waals surface area contributed by atoms with E-state index in [1.807, 2.05) is 43.3 Å². The number of ether oxygens (including phenoxy) is 1. The van der Waals surface area contributed by atoms with Crippen LogP contribution < -0.4 is 0 Å². The first-order valence-corrected chi connectivity index (χ1v) is 8.20. The van der Waals surface area contributed by atoms with Gasteiger partial charge in [-0.05, 0) is 18.2 Å². The summed E-state index contributed by atoms with van der Waals surface area (Å²) in [6.45, 7) is 2.74. The smallest absolute Gasteiger partial charge is 0.306 e. The van der Waals surface area contributed by atoms with Crippen LogP contribution in [0.5, 0.6) is 0 Å². The van der Waals surface area contributed by atoms with Crippen LogP contribution in [-0.4, -0.2) is 24.5 Å². The molecule has 3 rings (SSSR count). The molecule has 0 spiro atoms. The van der Waals surface area contributed by atoms with Crippen molar-refractivity contribution < 1.29 is 9.53 Å². The Labute approximate surface area is 137 Å². The second kappa shape index (κ2) is 6.55. The number of carbonyl (C=O) groups excluding carboxylic acids is 1. The molecule has 0 N–H and O–H groups in total. The van der Waals surface area contributed by atoms with Gasteiger partial charge in [-0.15, -0.1) is 0 Å². The molecule has 23 heavy (non-hydrogen) atoms. The second-order valence-corrected chi connectivity index (χ2v) is 6.13. The van der Waals surface area contributed by atoms with E-state index in [1.54, 1.807) is 0 Å². The Kier molecular flexibility index (Phi) is 4.49. The highest BCUT2D eigenvalue weighted by Gasteiger charge is 2.51. The topological polar surface area (TPSA) is 29.5 Å². The van der Waals surface area contributed by atoms with Crippen molar-refractivity contribution in [2.24, 2.45) is 0 Å². The molecule has 0 aromatic heterocycles. The van der Waals surface area contributed by atoms with E-state index in [2.05, 4.69) is 36.2 Å². The van der Waals surface area contributed by atoms with Crippen molar-refractivity contribution in [2.75, 3.05) is 13.6 Å². The molecule has 1 aliphatic rings. The minimum absolute atomic E-state index is 0.0293. The van der Waals surface area contributed by atoms with Gasteiger partial charge in [0.2, 0.25) is 0 Å². The molecule has 0 amide bonds. The lowest BCUT2D eigenvalue weighted by Gasteiger charge is -2.37. The van der Waals surface area contributed by atoms with Gasteiger partial charge in [-0.25, -0.2) is 0 Å². The summed E-state index contributed by atoms with van der Waals surface area (Å²) in [5.74, 6) is -0.148. The van der Waals surface area contributed by atoms with Gasteiger partial charge in [-0.3, -0.25) is 9.69 Å². The van der Waals surface area contributed by atoms with Crippen LogP contribution in [0.15, 0.2) is 60.7 Å². The molecule has 0 radical (unpaired) electrons. The summed E-state index contributed by atoms with van der Waals surface area (Å²) < 4.78 is 6.09. The Balaban J connectivity index is 2.11. The lowest BCUT2D eigenvalue weighted by atomic mass is 9.82. The molecular formula is C20H23NO2. The van der Waals surface area contributed by atoms with Crippen LogP contribution in [0.25, 0.3) is 0 Å². The Morgan fingerprint density at radius 2 is 1.74 bits per heavy atom. The molecule has 0 aliphatic carbocycles. The number of likely N-dealkylation sites (N-methyl/N-ethyl adjacent to an activating group) is 1. The van der Waals surface area contributed by atoms with Crippen molar-refractivity contribution in [2.45, 2.75) is 31.4 Å². The molecule has 2 aromatic carbocycles. The third-order valence-electron chi connectivity index (χ3n) is 4.68. The fraction of sp³-hybridized carbons (Fsp3) is 0.350. The lowest BCUT2D eigenvalue weighted by molar-refractivity contribution is -0.164. The highest BCUT2D eigenvalue weighted by molar-refractivity contribution is 5.70. The molecule has 1 heterocycles. The van der Waals surface area contributed by atoms with Crippen LogP contribution in [0.3, 0.4) is 0 Å². The van der Waals surface area contributed by atoms with Gasteiger partial charge < -0.3 is 4.74 Å². The molecule has 0 saturated carbocycles. The average molecular weight is 309 g/mol. The average Bonchev–Trinajstić information content (AvgIpc) is 2.93. The van der Waals surface area contributed by atoms with Crippen molar-refractivity contribution >= 4 is 5.97 Å². The SMILES string of the molecule is CCC(=O)O[C@@]1(c2ccccc2)CCN(C)[C@@H]1c1ccccc1. The number of benzene rings is 2. The van der Waals surface area contributed by atoms with Gasteiger partial charge in [0.05, 0.1) is 6.04 Å². The number of hydrogen-bond donors (Lipinski definition) is 0. The van der Waals surface area contributed by atoms with E-state index >= 15 is 0 Å². The van der Waals surface area contributed by atoms with Gasteiger partial charge in [0.25, 0.3) is 0 Å². The number of rotatable bonds is 4. The normalized spacial score (nSPS) is 24.5. The van der Waals surface area contributed by atoms with E-state index in [1.165, 1.54) is 5.56 Å². The van der Waals surface area contributed by atoms with E-state index in [0.29, 0.717) is 6.42 Å². The Morgan fingerprint density at radius 1 is 1.13 bits per heavy atom. The van der Waals surface area contributed by atoms with Gasteiger partial charge in [0.15, 0.2) is 5.60 Å². The number of hydrogen-bond acceptors (Lipinski definition) is 3. The minimum Gasteiger partial charge on any atom is -0.452 e. The van der Waals surface area contributed by atoms with Crippen molar-refractivity contribution in [3.05, 3.63) is 71.8 Å². The third kappa shape index (κ3) is 2.89. The first-order chi connectivity index (χ1) is 11.2. The lowest BCUT2D eigenvalue weighted by Crippen LogP contribution is -2.38. The molecule has 2 aromatic rings. The standard InChI is InChI=1S/C20H23NO2/c1-3-18(22)23-20(17-12-8-5-9-13-17)14-15-21(2)19(20)16-10-6-4-7-11-16/h4-13,19H,3,14-15H2,1-2H3/t19-,20-/m1/s1. The van der Waals surface area contributed by atoms with Crippen molar-refractivity contribution in [3.63, 3.8) is 0 Å². The van der Waals surface area contributed by atoms with E-state index < -0.39 is 5.60 Å². The molecule has 1 fully saturated rings. The van der Waals surface area contributed by atoms with Crippen molar-refractivity contribution in [1.82, 2.24) is 4.90 Å². The summed E-state index contributed by atoms with van der Waals surface area (Å²) in [5.41, 5.74) is 1.63. The second-order valence-electron chi connectivity index (χ2n) is 6.13. The zero-order valence-corrected chi connectivity index (χ0v) is 13.7. The van der Waals surface area contributed by atoms with Crippen LogP contribution in [0.1, 0.15) is 36.9 Å². The maximum atomic E-state index is 12.2. The molecule has 0 unspecified atom stereocenters.